The van der Waals surface area contributed by atoms with Gasteiger partial charge >= 0.3 is 0 Å². The highest BCUT2D eigenvalue weighted by Gasteiger charge is 2.41. The maximum Gasteiger partial charge on any atom is 0.225 e. The molecule has 1 aliphatic rings. The third kappa shape index (κ3) is 2.50. The van der Waals surface area contributed by atoms with Crippen molar-refractivity contribution in [1.82, 2.24) is 9.97 Å². The first kappa shape index (κ1) is 10.5. The molecule has 82 valence electrons. The third-order valence-corrected chi connectivity index (χ3v) is 3.27. The van der Waals surface area contributed by atoms with Gasteiger partial charge in [-0.3, -0.25) is 0 Å². The van der Waals surface area contributed by atoms with Crippen molar-refractivity contribution in [3.63, 3.8) is 0 Å². The minimum atomic E-state index is 0.272. The van der Waals surface area contributed by atoms with Crippen LogP contribution in [-0.4, -0.2) is 29.5 Å². The van der Waals surface area contributed by atoms with Crippen LogP contribution in [-0.2, 0) is 0 Å². The number of hydrogen-bond donors (Lipinski definition) is 1. The molecule has 0 atom stereocenters. The minimum absolute atomic E-state index is 0.272. The highest BCUT2D eigenvalue weighted by Crippen LogP contribution is 2.46. The molecule has 2 rings (SSSR count). The number of rotatable bonds is 5. The van der Waals surface area contributed by atoms with E-state index in [0.29, 0.717) is 17.7 Å². The Balaban J connectivity index is 1.93. The van der Waals surface area contributed by atoms with Gasteiger partial charge in [-0.25, -0.2) is 4.98 Å². The Morgan fingerprint density at radius 1 is 1.60 bits per heavy atom. The Kier molecular flexibility index (Phi) is 2.95. The van der Waals surface area contributed by atoms with Crippen LogP contribution in [0.25, 0.3) is 0 Å². The summed E-state index contributed by atoms with van der Waals surface area (Å²) in [6, 6.07) is 1.72. The van der Waals surface area contributed by atoms with Gasteiger partial charge in [0.15, 0.2) is 0 Å². The molecule has 0 radical (unpaired) electrons. The van der Waals surface area contributed by atoms with Gasteiger partial charge in [-0.05, 0) is 12.8 Å². The van der Waals surface area contributed by atoms with Crippen molar-refractivity contribution in [2.75, 3.05) is 24.9 Å². The number of hydrogen-bond acceptors (Lipinski definition) is 4. The van der Waals surface area contributed by atoms with Crippen LogP contribution in [0.15, 0.2) is 12.3 Å². The smallest absolute Gasteiger partial charge is 0.225 e. The van der Waals surface area contributed by atoms with E-state index in [1.165, 1.54) is 12.8 Å². The summed E-state index contributed by atoms with van der Waals surface area (Å²) < 4.78 is 5.01. The molecule has 0 aliphatic heterocycles. The highest BCUT2D eigenvalue weighted by atomic mass is 35.5. The standard InChI is InChI=1S/C10H14ClN3O/c1-15-8-2-5-12-9(14-8)13-7-10(6-11)3-4-10/h2,5H,3-4,6-7H2,1H3,(H,12,13,14). The number of nitrogens with zero attached hydrogens (tertiary/aromatic N) is 2. The lowest BCUT2D eigenvalue weighted by molar-refractivity contribution is 0.397. The summed E-state index contributed by atoms with van der Waals surface area (Å²) in [6.07, 6.45) is 4.05. The normalized spacial score (nSPS) is 17.2. The van der Waals surface area contributed by atoms with Crippen LogP contribution in [0, 0.1) is 5.41 Å². The highest BCUT2D eigenvalue weighted by molar-refractivity contribution is 6.18. The van der Waals surface area contributed by atoms with Crippen LogP contribution < -0.4 is 10.1 Å². The molecule has 1 saturated carbocycles. The lowest BCUT2D eigenvalue weighted by Crippen LogP contribution is -2.18. The Morgan fingerprint density at radius 3 is 3.00 bits per heavy atom. The molecule has 0 unspecified atom stereocenters. The predicted octanol–water partition coefficient (Wildman–Crippen LogP) is 1.92. The van der Waals surface area contributed by atoms with E-state index < -0.39 is 0 Å². The SMILES string of the molecule is COc1ccnc(NCC2(CCl)CC2)n1. The summed E-state index contributed by atoms with van der Waals surface area (Å²) in [5, 5.41) is 3.19. The van der Waals surface area contributed by atoms with Gasteiger partial charge in [0.05, 0.1) is 7.11 Å². The average Bonchev–Trinajstić information content (AvgIpc) is 3.07. The van der Waals surface area contributed by atoms with Crippen molar-refractivity contribution in [2.24, 2.45) is 5.41 Å². The molecule has 5 heteroatoms. The summed E-state index contributed by atoms with van der Waals surface area (Å²) in [7, 11) is 1.59. The van der Waals surface area contributed by atoms with Gasteiger partial charge in [-0.15, -0.1) is 11.6 Å². The van der Waals surface area contributed by atoms with E-state index >= 15 is 0 Å². The maximum atomic E-state index is 5.87. The molecule has 1 aliphatic carbocycles. The largest absolute Gasteiger partial charge is 0.481 e. The Morgan fingerprint density at radius 2 is 2.40 bits per heavy atom. The van der Waals surface area contributed by atoms with Gasteiger partial charge in [0.25, 0.3) is 0 Å². The summed E-state index contributed by atoms with van der Waals surface area (Å²) in [5.41, 5.74) is 0.272. The molecule has 0 spiro atoms. The van der Waals surface area contributed by atoms with E-state index in [0.717, 1.165) is 6.54 Å². The predicted molar refractivity (Wildman–Crippen MR) is 59.5 cm³/mol. The van der Waals surface area contributed by atoms with Crippen LogP contribution in [0.4, 0.5) is 5.95 Å². The topological polar surface area (TPSA) is 47.0 Å². The first-order valence-electron chi connectivity index (χ1n) is 4.95. The van der Waals surface area contributed by atoms with Crippen molar-refractivity contribution in [1.29, 1.82) is 0 Å². The number of alkyl halides is 1. The molecule has 1 aromatic rings. The fraction of sp³-hybridized carbons (Fsp3) is 0.600. The number of methoxy groups -OCH3 is 1. The number of nitrogens with one attached hydrogen (secondary N) is 1. The fourth-order valence-electron chi connectivity index (χ4n) is 1.34. The van der Waals surface area contributed by atoms with E-state index in [1.54, 1.807) is 19.4 Å². The molecule has 15 heavy (non-hydrogen) atoms. The van der Waals surface area contributed by atoms with Crippen LogP contribution in [0.5, 0.6) is 5.88 Å². The van der Waals surface area contributed by atoms with E-state index in [1.807, 2.05) is 0 Å². The second kappa shape index (κ2) is 4.23. The zero-order valence-electron chi connectivity index (χ0n) is 8.66. The Labute approximate surface area is 94.0 Å². The Bertz CT molecular complexity index is 341. The number of halogens is 1. The summed E-state index contributed by atoms with van der Waals surface area (Å²) in [4.78, 5) is 8.28. The van der Waals surface area contributed by atoms with Crippen LogP contribution >= 0.6 is 11.6 Å². The van der Waals surface area contributed by atoms with Crippen LogP contribution in [0.3, 0.4) is 0 Å². The van der Waals surface area contributed by atoms with Gasteiger partial charge < -0.3 is 10.1 Å². The second-order valence-electron chi connectivity index (χ2n) is 3.91. The first-order chi connectivity index (χ1) is 7.28. The van der Waals surface area contributed by atoms with Gasteiger partial charge in [-0.1, -0.05) is 0 Å². The maximum absolute atomic E-state index is 5.87. The molecular weight excluding hydrogens is 214 g/mol. The first-order valence-corrected chi connectivity index (χ1v) is 5.48. The van der Waals surface area contributed by atoms with Crippen molar-refractivity contribution in [3.05, 3.63) is 12.3 Å². The van der Waals surface area contributed by atoms with Crippen molar-refractivity contribution < 1.29 is 4.74 Å². The van der Waals surface area contributed by atoms with Gasteiger partial charge in [0, 0.05) is 30.1 Å². The zero-order valence-corrected chi connectivity index (χ0v) is 9.42. The molecule has 0 amide bonds. The summed E-state index contributed by atoms with van der Waals surface area (Å²) in [5.74, 6) is 1.87. The molecule has 1 aromatic heterocycles. The third-order valence-electron chi connectivity index (χ3n) is 2.70. The molecule has 1 heterocycles. The number of anilines is 1. The summed E-state index contributed by atoms with van der Waals surface area (Å²) in [6.45, 7) is 0.837. The van der Waals surface area contributed by atoms with Crippen molar-refractivity contribution in [2.45, 2.75) is 12.8 Å². The quantitative estimate of drug-likeness (QED) is 0.781. The lowest BCUT2D eigenvalue weighted by atomic mass is 10.1. The van der Waals surface area contributed by atoms with E-state index in [2.05, 4.69) is 15.3 Å². The molecule has 1 fully saturated rings. The second-order valence-corrected chi connectivity index (χ2v) is 4.18. The van der Waals surface area contributed by atoms with Crippen molar-refractivity contribution in [3.8, 4) is 5.88 Å². The fourth-order valence-corrected chi connectivity index (χ4v) is 1.70. The molecule has 4 nitrogen and oxygen atoms in total. The van der Waals surface area contributed by atoms with Crippen molar-refractivity contribution >= 4 is 17.5 Å². The molecular formula is C10H14ClN3O. The number of aromatic nitrogens is 2. The molecule has 0 saturated heterocycles. The minimum Gasteiger partial charge on any atom is -0.481 e. The molecule has 0 aromatic carbocycles. The van der Waals surface area contributed by atoms with Gasteiger partial charge in [0.2, 0.25) is 11.8 Å². The zero-order chi connectivity index (χ0) is 10.7. The average molecular weight is 228 g/mol. The van der Waals surface area contributed by atoms with Gasteiger partial charge in [-0.2, -0.15) is 4.98 Å². The summed E-state index contributed by atoms with van der Waals surface area (Å²) >= 11 is 5.87. The Hall–Kier alpha value is -1.03. The molecule has 0 bridgehead atoms. The monoisotopic (exact) mass is 227 g/mol. The van der Waals surface area contributed by atoms with Crippen LogP contribution in [0.2, 0.25) is 0 Å². The lowest BCUT2D eigenvalue weighted by Gasteiger charge is -2.12. The van der Waals surface area contributed by atoms with Gasteiger partial charge in [0.1, 0.15) is 0 Å². The van der Waals surface area contributed by atoms with Crippen LogP contribution in [0.1, 0.15) is 12.8 Å². The van der Waals surface area contributed by atoms with E-state index in [9.17, 15) is 0 Å². The van der Waals surface area contributed by atoms with E-state index in [4.69, 9.17) is 16.3 Å². The molecule has 1 N–H and O–H groups in total. The number of ether oxygens (including phenoxy) is 1. The van der Waals surface area contributed by atoms with E-state index in [-0.39, 0.29) is 5.41 Å².